The topological polar surface area (TPSA) is 83.6 Å². The number of amides is 2. The van der Waals surface area contributed by atoms with Gasteiger partial charge in [0.1, 0.15) is 5.54 Å². The number of carbonyl (C=O) groups excluding carboxylic acids is 2. The monoisotopic (exact) mass is 368 g/mol. The Morgan fingerprint density at radius 2 is 2.12 bits per heavy atom. The van der Waals surface area contributed by atoms with Crippen molar-refractivity contribution in [1.29, 1.82) is 0 Å². The minimum atomic E-state index is -0.736. The van der Waals surface area contributed by atoms with Crippen molar-refractivity contribution in [1.82, 2.24) is 15.2 Å². The van der Waals surface area contributed by atoms with Gasteiger partial charge in [0.05, 0.1) is 6.61 Å². The first kappa shape index (κ1) is 19.7. The molecular weight excluding hydrogens is 340 g/mol. The lowest BCUT2D eigenvalue weighted by Gasteiger charge is -2.41. The van der Waals surface area contributed by atoms with Gasteiger partial charge in [-0.1, -0.05) is 13.8 Å². The van der Waals surface area contributed by atoms with Crippen molar-refractivity contribution in [2.24, 2.45) is 5.92 Å². The number of ether oxygens (including phenoxy) is 1. The molecule has 2 N–H and O–H groups in total. The van der Waals surface area contributed by atoms with Crippen molar-refractivity contribution >= 4 is 28.3 Å². The number of nitrogens with one attached hydrogen (secondary N) is 2. The summed E-state index contributed by atoms with van der Waals surface area (Å²) in [5, 5.41) is 8.85. The number of piperidine rings is 1. The first-order valence-electron chi connectivity index (χ1n) is 8.69. The van der Waals surface area contributed by atoms with Crippen LogP contribution in [-0.4, -0.2) is 60.6 Å². The van der Waals surface area contributed by atoms with Crippen LogP contribution in [0.5, 0.6) is 0 Å². The van der Waals surface area contributed by atoms with Gasteiger partial charge in [0.15, 0.2) is 5.13 Å². The van der Waals surface area contributed by atoms with Crippen LogP contribution in [0.1, 0.15) is 33.1 Å². The second-order valence-corrected chi connectivity index (χ2v) is 7.67. The normalized spacial score (nSPS) is 16.7. The summed E-state index contributed by atoms with van der Waals surface area (Å²) in [6, 6.07) is 0. The standard InChI is InChI=1S/C17H28N4O3S/c1-13(2)12-14(22)21-8-4-17(5-9-21,15(23)18-6-10-24-3)20-16-19-7-11-25-16/h7,11,13H,4-6,8-10,12H2,1-3H3,(H,18,23)(H,19,20). The molecular formula is C17H28N4O3S. The molecule has 1 fully saturated rings. The highest BCUT2D eigenvalue weighted by molar-refractivity contribution is 7.13. The van der Waals surface area contributed by atoms with E-state index in [1.807, 2.05) is 24.1 Å². The predicted molar refractivity (Wildman–Crippen MR) is 98.6 cm³/mol. The number of nitrogens with zero attached hydrogens (tertiary/aromatic N) is 2. The van der Waals surface area contributed by atoms with Crippen LogP contribution in [0.15, 0.2) is 11.6 Å². The quantitative estimate of drug-likeness (QED) is 0.683. The summed E-state index contributed by atoms with van der Waals surface area (Å²) in [7, 11) is 1.61. The lowest BCUT2D eigenvalue weighted by atomic mass is 9.86. The molecule has 0 bridgehead atoms. The minimum Gasteiger partial charge on any atom is -0.383 e. The van der Waals surface area contributed by atoms with Crippen LogP contribution in [0.2, 0.25) is 0 Å². The number of hydrogen-bond acceptors (Lipinski definition) is 6. The predicted octanol–water partition coefficient (Wildman–Crippen LogP) is 1.72. The Balaban J connectivity index is 2.04. The van der Waals surface area contributed by atoms with E-state index in [0.29, 0.717) is 51.4 Å². The average molecular weight is 369 g/mol. The molecule has 140 valence electrons. The fourth-order valence-electron chi connectivity index (χ4n) is 2.95. The molecule has 0 aromatic carbocycles. The van der Waals surface area contributed by atoms with Gasteiger partial charge in [0.25, 0.3) is 0 Å². The Morgan fingerprint density at radius 3 is 2.68 bits per heavy atom. The molecule has 1 aliphatic rings. The molecule has 0 spiro atoms. The summed E-state index contributed by atoms with van der Waals surface area (Å²) in [4.78, 5) is 31.2. The van der Waals surface area contributed by atoms with E-state index in [1.165, 1.54) is 11.3 Å². The van der Waals surface area contributed by atoms with Crippen molar-refractivity contribution in [3.8, 4) is 0 Å². The summed E-state index contributed by atoms with van der Waals surface area (Å²) in [5.41, 5.74) is -0.736. The fraction of sp³-hybridized carbons (Fsp3) is 0.706. The number of rotatable bonds is 8. The van der Waals surface area contributed by atoms with Gasteiger partial charge in [-0.15, -0.1) is 11.3 Å². The van der Waals surface area contributed by atoms with Crippen molar-refractivity contribution in [3.05, 3.63) is 11.6 Å². The SMILES string of the molecule is COCCNC(=O)C1(Nc2nccs2)CCN(C(=O)CC(C)C)CC1. The maximum atomic E-state index is 12.8. The number of likely N-dealkylation sites (tertiary alicyclic amines) is 1. The third-order valence-electron chi connectivity index (χ3n) is 4.36. The van der Waals surface area contributed by atoms with Crippen molar-refractivity contribution in [2.75, 3.05) is 38.7 Å². The van der Waals surface area contributed by atoms with E-state index in [4.69, 9.17) is 4.74 Å². The number of hydrogen-bond donors (Lipinski definition) is 2. The largest absolute Gasteiger partial charge is 0.383 e. The van der Waals surface area contributed by atoms with Gasteiger partial charge in [-0.25, -0.2) is 4.98 Å². The Labute approximate surface area is 153 Å². The van der Waals surface area contributed by atoms with Gasteiger partial charge >= 0.3 is 0 Å². The molecule has 2 rings (SSSR count). The molecule has 2 amide bonds. The fourth-order valence-corrected chi connectivity index (χ4v) is 3.58. The molecule has 0 saturated carbocycles. The Bertz CT molecular complexity index is 554. The molecule has 1 aromatic rings. The molecule has 1 aliphatic heterocycles. The third kappa shape index (κ3) is 5.40. The first-order chi connectivity index (χ1) is 12.0. The van der Waals surface area contributed by atoms with E-state index in [1.54, 1.807) is 13.3 Å². The third-order valence-corrected chi connectivity index (χ3v) is 5.05. The van der Waals surface area contributed by atoms with Crippen LogP contribution in [-0.2, 0) is 14.3 Å². The van der Waals surface area contributed by atoms with E-state index < -0.39 is 5.54 Å². The summed E-state index contributed by atoms with van der Waals surface area (Å²) >= 11 is 1.47. The summed E-state index contributed by atoms with van der Waals surface area (Å²) in [5.74, 6) is 0.443. The maximum absolute atomic E-state index is 12.8. The highest BCUT2D eigenvalue weighted by Crippen LogP contribution is 2.29. The van der Waals surface area contributed by atoms with Crippen molar-refractivity contribution in [3.63, 3.8) is 0 Å². The van der Waals surface area contributed by atoms with Crippen LogP contribution in [0.25, 0.3) is 0 Å². The van der Waals surface area contributed by atoms with Gasteiger partial charge in [-0.05, 0) is 18.8 Å². The van der Waals surface area contributed by atoms with E-state index >= 15 is 0 Å². The summed E-state index contributed by atoms with van der Waals surface area (Å²) < 4.78 is 5.01. The highest BCUT2D eigenvalue weighted by Gasteiger charge is 2.42. The number of thiazole rings is 1. The molecule has 2 heterocycles. The first-order valence-corrected chi connectivity index (χ1v) is 9.57. The Kier molecular flexibility index (Phi) is 7.19. The van der Waals surface area contributed by atoms with Gasteiger partial charge in [-0.2, -0.15) is 0 Å². The van der Waals surface area contributed by atoms with E-state index in [0.717, 1.165) is 5.13 Å². The zero-order valence-corrected chi connectivity index (χ0v) is 16.0. The highest BCUT2D eigenvalue weighted by atomic mass is 32.1. The van der Waals surface area contributed by atoms with Crippen LogP contribution >= 0.6 is 11.3 Å². The minimum absolute atomic E-state index is 0.0595. The van der Waals surface area contributed by atoms with Crippen molar-refractivity contribution < 1.29 is 14.3 Å². The molecule has 0 atom stereocenters. The zero-order chi connectivity index (χ0) is 18.3. The average Bonchev–Trinajstić information content (AvgIpc) is 3.07. The number of methoxy groups -OCH3 is 1. The molecule has 0 unspecified atom stereocenters. The zero-order valence-electron chi connectivity index (χ0n) is 15.2. The molecule has 1 aromatic heterocycles. The Hall–Kier alpha value is -1.67. The lowest BCUT2D eigenvalue weighted by Crippen LogP contribution is -2.59. The summed E-state index contributed by atoms with van der Waals surface area (Å²) in [6.07, 6.45) is 3.39. The van der Waals surface area contributed by atoms with Gasteiger partial charge in [0.2, 0.25) is 11.8 Å². The van der Waals surface area contributed by atoms with Gasteiger partial charge < -0.3 is 20.3 Å². The van der Waals surface area contributed by atoms with E-state index in [-0.39, 0.29) is 11.8 Å². The number of carbonyl (C=O) groups is 2. The smallest absolute Gasteiger partial charge is 0.245 e. The molecule has 8 heteroatoms. The van der Waals surface area contributed by atoms with Crippen LogP contribution in [0.4, 0.5) is 5.13 Å². The molecule has 25 heavy (non-hydrogen) atoms. The van der Waals surface area contributed by atoms with E-state index in [9.17, 15) is 9.59 Å². The molecule has 7 nitrogen and oxygen atoms in total. The molecule has 0 aliphatic carbocycles. The van der Waals surface area contributed by atoms with Crippen LogP contribution in [0, 0.1) is 5.92 Å². The molecule has 0 radical (unpaired) electrons. The second-order valence-electron chi connectivity index (χ2n) is 6.77. The number of aromatic nitrogens is 1. The molecule has 1 saturated heterocycles. The maximum Gasteiger partial charge on any atom is 0.245 e. The van der Waals surface area contributed by atoms with Gasteiger partial charge in [0, 0.05) is 44.7 Å². The number of anilines is 1. The summed E-state index contributed by atoms with van der Waals surface area (Å²) in [6.45, 7) is 6.16. The van der Waals surface area contributed by atoms with E-state index in [2.05, 4.69) is 15.6 Å². The second kappa shape index (κ2) is 9.15. The lowest BCUT2D eigenvalue weighted by molar-refractivity contribution is -0.136. The Morgan fingerprint density at radius 1 is 1.40 bits per heavy atom. The van der Waals surface area contributed by atoms with Crippen LogP contribution in [0.3, 0.4) is 0 Å². The van der Waals surface area contributed by atoms with Crippen LogP contribution < -0.4 is 10.6 Å². The van der Waals surface area contributed by atoms with Gasteiger partial charge in [-0.3, -0.25) is 9.59 Å². The van der Waals surface area contributed by atoms with Crippen molar-refractivity contribution in [2.45, 2.75) is 38.6 Å².